The van der Waals surface area contributed by atoms with Crippen LogP contribution in [0.3, 0.4) is 0 Å². The van der Waals surface area contributed by atoms with Gasteiger partial charge in [0, 0.05) is 11.7 Å². The highest BCUT2D eigenvalue weighted by atomic mass is 32.2. The monoisotopic (exact) mass is 384 g/mol. The molecule has 3 rings (SSSR count). The van der Waals surface area contributed by atoms with Crippen LogP contribution < -0.4 is 4.74 Å². The third-order valence-corrected chi connectivity index (χ3v) is 5.86. The molecule has 0 spiro atoms. The molecule has 1 unspecified atom stereocenters. The predicted octanol–water partition coefficient (Wildman–Crippen LogP) is 5.53. The first-order chi connectivity index (χ1) is 12.8. The maximum absolute atomic E-state index is 11.8. The molecule has 144 valence electrons. The van der Waals surface area contributed by atoms with Crippen LogP contribution >= 0.6 is 0 Å². The highest BCUT2D eigenvalue weighted by molar-refractivity contribution is 7.94. The van der Waals surface area contributed by atoms with Crippen molar-refractivity contribution in [2.24, 2.45) is 0 Å². The fourth-order valence-corrected chi connectivity index (χ4v) is 3.88. The Morgan fingerprint density at radius 3 is 2.22 bits per heavy atom. The summed E-state index contributed by atoms with van der Waals surface area (Å²) in [6.45, 7) is 6.13. The molecule has 0 fully saturated rings. The van der Waals surface area contributed by atoms with E-state index in [4.69, 9.17) is 4.74 Å². The lowest BCUT2D eigenvalue weighted by Crippen LogP contribution is -2.22. The Hall–Kier alpha value is -2.33. The Bertz CT molecular complexity index is 941. The molecule has 3 nitrogen and oxygen atoms in total. The Labute approximate surface area is 163 Å². The van der Waals surface area contributed by atoms with E-state index in [1.54, 1.807) is 13.2 Å². The smallest absolute Gasteiger partial charge is 0.175 e. The zero-order valence-corrected chi connectivity index (χ0v) is 17.5. The van der Waals surface area contributed by atoms with Crippen LogP contribution in [-0.4, -0.2) is 21.8 Å². The highest BCUT2D eigenvalue weighted by Crippen LogP contribution is 2.41. The van der Waals surface area contributed by atoms with Gasteiger partial charge in [0.2, 0.25) is 0 Å². The lowest BCUT2D eigenvalue weighted by Gasteiger charge is -2.31. The molecule has 1 atom stereocenters. The summed E-state index contributed by atoms with van der Waals surface area (Å²) in [5.74, 6) is 0.794. The van der Waals surface area contributed by atoms with E-state index < -0.39 is 9.84 Å². The molecule has 0 aromatic heterocycles. The van der Waals surface area contributed by atoms with Crippen molar-refractivity contribution in [2.75, 3.05) is 13.4 Å². The standard InChI is InChI=1S/C21H22O3S.C2H6/c1-21(13-11-18(12-14-21)25(3,22)23)20-15-17(24-2)9-10-19(20)16-7-5-4-6-8-16;1-2/h4-13,15H,14H2,1-3H3;1-2H3. The maximum Gasteiger partial charge on any atom is 0.175 e. The molecule has 0 N–H and O–H groups in total. The molecule has 0 saturated carbocycles. The molecule has 1 aliphatic carbocycles. The molecule has 0 amide bonds. The molecule has 0 aliphatic heterocycles. The first-order valence-corrected chi connectivity index (χ1v) is 11.1. The van der Waals surface area contributed by atoms with Crippen molar-refractivity contribution in [1.29, 1.82) is 0 Å². The first kappa shape index (κ1) is 21.0. The van der Waals surface area contributed by atoms with Crippen LogP contribution in [0.1, 0.15) is 32.8 Å². The van der Waals surface area contributed by atoms with Gasteiger partial charge in [-0.2, -0.15) is 0 Å². The summed E-state index contributed by atoms with van der Waals surface area (Å²) < 4.78 is 29.0. The Balaban J connectivity index is 0.00000126. The summed E-state index contributed by atoms with van der Waals surface area (Å²) in [5.41, 5.74) is 3.09. The molecular formula is C23H28O3S. The Morgan fingerprint density at radius 2 is 1.70 bits per heavy atom. The van der Waals surface area contributed by atoms with Crippen molar-refractivity contribution in [1.82, 2.24) is 0 Å². The van der Waals surface area contributed by atoms with E-state index in [-0.39, 0.29) is 5.41 Å². The topological polar surface area (TPSA) is 43.4 Å². The maximum atomic E-state index is 11.8. The fourth-order valence-electron chi connectivity index (χ4n) is 3.18. The summed E-state index contributed by atoms with van der Waals surface area (Å²) in [6, 6.07) is 16.3. The lowest BCUT2D eigenvalue weighted by atomic mass is 9.74. The molecular weight excluding hydrogens is 356 g/mol. The lowest BCUT2D eigenvalue weighted by molar-refractivity contribution is 0.413. The molecule has 4 heteroatoms. The summed E-state index contributed by atoms with van der Waals surface area (Å²) in [5, 5.41) is 0. The second-order valence-electron chi connectivity index (χ2n) is 6.61. The van der Waals surface area contributed by atoms with Crippen molar-refractivity contribution in [3.63, 3.8) is 0 Å². The van der Waals surface area contributed by atoms with Gasteiger partial charge in [-0.1, -0.05) is 69.3 Å². The van der Waals surface area contributed by atoms with Crippen molar-refractivity contribution in [3.8, 4) is 16.9 Å². The third-order valence-electron chi connectivity index (χ3n) is 4.70. The summed E-state index contributed by atoms with van der Waals surface area (Å²) in [7, 11) is -1.53. The Kier molecular flexibility index (Phi) is 6.66. The zero-order valence-electron chi connectivity index (χ0n) is 16.7. The minimum atomic E-state index is -3.18. The molecule has 27 heavy (non-hydrogen) atoms. The summed E-state index contributed by atoms with van der Waals surface area (Å²) >= 11 is 0. The number of benzene rings is 2. The van der Waals surface area contributed by atoms with Crippen molar-refractivity contribution >= 4 is 9.84 Å². The van der Waals surface area contributed by atoms with Crippen molar-refractivity contribution in [2.45, 2.75) is 32.6 Å². The van der Waals surface area contributed by atoms with Gasteiger partial charge in [-0.3, -0.25) is 0 Å². The zero-order chi connectivity index (χ0) is 20.1. The third kappa shape index (κ3) is 4.69. The number of ether oxygens (including phenoxy) is 1. The number of hydrogen-bond acceptors (Lipinski definition) is 3. The average molecular weight is 385 g/mol. The quantitative estimate of drug-likeness (QED) is 0.696. The van der Waals surface area contributed by atoms with Gasteiger partial charge in [0.25, 0.3) is 0 Å². The van der Waals surface area contributed by atoms with Gasteiger partial charge in [0.05, 0.1) is 12.0 Å². The van der Waals surface area contributed by atoms with Crippen LogP contribution in [-0.2, 0) is 15.3 Å². The largest absolute Gasteiger partial charge is 0.497 e. The van der Waals surface area contributed by atoms with Gasteiger partial charge < -0.3 is 4.74 Å². The molecule has 0 heterocycles. The van der Waals surface area contributed by atoms with Gasteiger partial charge in [-0.15, -0.1) is 0 Å². The first-order valence-electron chi connectivity index (χ1n) is 9.17. The normalized spacial score (nSPS) is 18.9. The second-order valence-corrected chi connectivity index (χ2v) is 8.63. The van der Waals surface area contributed by atoms with Crippen LogP contribution in [0, 0.1) is 0 Å². The van der Waals surface area contributed by atoms with Gasteiger partial charge >= 0.3 is 0 Å². The minimum Gasteiger partial charge on any atom is -0.497 e. The van der Waals surface area contributed by atoms with Crippen LogP contribution in [0.4, 0.5) is 0 Å². The molecule has 2 aromatic rings. The predicted molar refractivity (Wildman–Crippen MR) is 114 cm³/mol. The molecule has 0 saturated heterocycles. The van der Waals surface area contributed by atoms with E-state index in [0.29, 0.717) is 11.3 Å². The van der Waals surface area contributed by atoms with E-state index in [0.717, 1.165) is 22.4 Å². The number of rotatable bonds is 4. The van der Waals surface area contributed by atoms with E-state index >= 15 is 0 Å². The van der Waals surface area contributed by atoms with Crippen LogP contribution in [0.2, 0.25) is 0 Å². The van der Waals surface area contributed by atoms with Crippen molar-refractivity contribution in [3.05, 3.63) is 77.2 Å². The minimum absolute atomic E-state index is 0.298. The molecule has 1 aliphatic rings. The Morgan fingerprint density at radius 1 is 1.04 bits per heavy atom. The van der Waals surface area contributed by atoms with E-state index in [9.17, 15) is 8.42 Å². The summed E-state index contributed by atoms with van der Waals surface area (Å²) in [6.07, 6.45) is 7.38. The van der Waals surface area contributed by atoms with E-state index in [2.05, 4.69) is 25.1 Å². The molecule has 0 bridgehead atoms. The van der Waals surface area contributed by atoms with Gasteiger partial charge in [0.15, 0.2) is 9.84 Å². The molecule has 2 aromatic carbocycles. The number of hydrogen-bond donors (Lipinski definition) is 0. The van der Waals surface area contributed by atoms with Crippen LogP contribution in [0.15, 0.2) is 71.7 Å². The van der Waals surface area contributed by atoms with Gasteiger partial charge in [-0.05, 0) is 41.3 Å². The fraction of sp³-hybridized carbons (Fsp3) is 0.304. The second kappa shape index (κ2) is 8.57. The van der Waals surface area contributed by atoms with Gasteiger partial charge in [0.1, 0.15) is 5.75 Å². The van der Waals surface area contributed by atoms with Gasteiger partial charge in [-0.25, -0.2) is 8.42 Å². The molecule has 0 radical (unpaired) electrons. The van der Waals surface area contributed by atoms with Crippen molar-refractivity contribution < 1.29 is 13.2 Å². The SMILES string of the molecule is CC.COc1ccc(-c2ccccc2)c(C2(C)C=CC(S(C)(=O)=O)=CC2)c1. The number of allylic oxidation sites excluding steroid dienone is 3. The van der Waals surface area contributed by atoms with E-state index in [1.807, 2.05) is 56.3 Å². The average Bonchev–Trinajstić information content (AvgIpc) is 2.69. The number of sulfone groups is 1. The van der Waals surface area contributed by atoms with Crippen LogP contribution in [0.5, 0.6) is 5.75 Å². The van der Waals surface area contributed by atoms with E-state index in [1.165, 1.54) is 6.26 Å². The summed E-state index contributed by atoms with van der Waals surface area (Å²) in [4.78, 5) is 0.383. The highest BCUT2D eigenvalue weighted by Gasteiger charge is 2.30. The van der Waals surface area contributed by atoms with Crippen LogP contribution in [0.25, 0.3) is 11.1 Å². The number of methoxy groups -OCH3 is 1.